The third kappa shape index (κ3) is 4.07. The second-order valence-corrected chi connectivity index (χ2v) is 4.14. The first-order chi connectivity index (χ1) is 6.69. The van der Waals surface area contributed by atoms with Crippen molar-refractivity contribution in [1.82, 2.24) is 0 Å². The first-order valence-corrected chi connectivity index (χ1v) is 5.29. The molecule has 5 N–H and O–H groups in total. The molecule has 1 saturated carbocycles. The van der Waals surface area contributed by atoms with Gasteiger partial charge in [0.1, 0.15) is 0 Å². The molecule has 0 unspecified atom stereocenters. The Bertz CT molecular complexity index is 194. The van der Waals surface area contributed by atoms with Crippen LogP contribution in [0.2, 0.25) is 0 Å². The summed E-state index contributed by atoms with van der Waals surface area (Å²) in [7, 11) is 0. The molecule has 1 aliphatic carbocycles. The molecule has 0 heterocycles. The minimum atomic E-state index is -0.686. The van der Waals surface area contributed by atoms with E-state index in [1.54, 1.807) is 0 Å². The Kier molecular flexibility index (Phi) is 7.09. The third-order valence-electron chi connectivity index (χ3n) is 3.14. The van der Waals surface area contributed by atoms with Gasteiger partial charge in [-0.2, -0.15) is 0 Å². The Morgan fingerprint density at radius 2 is 1.87 bits per heavy atom. The van der Waals surface area contributed by atoms with Crippen molar-refractivity contribution in [2.45, 2.75) is 31.7 Å². The zero-order chi connectivity index (χ0) is 10.6. The number of carbonyl (C=O) groups excluding carboxylic acids is 1. The van der Waals surface area contributed by atoms with Crippen molar-refractivity contribution in [2.24, 2.45) is 23.3 Å². The summed E-state index contributed by atoms with van der Waals surface area (Å²) in [5, 5.41) is 8.77. The standard InChI is InChI=1S/C10H20N2O2.ClH/c11-5-7-1-3-8(4-2-7)10(14)9(12)6-13;/h7-9,13H,1-6,11-12H2;1H/t7?,8?,9-;/m0./s1. The molecule has 1 atom stereocenters. The molecule has 1 aliphatic rings. The maximum Gasteiger partial charge on any atom is 0.154 e. The number of ketones is 1. The van der Waals surface area contributed by atoms with Crippen LogP contribution in [0.3, 0.4) is 0 Å². The lowest BCUT2D eigenvalue weighted by molar-refractivity contribution is -0.126. The molecule has 4 nitrogen and oxygen atoms in total. The second kappa shape index (κ2) is 7.17. The molecule has 1 rings (SSSR count). The quantitative estimate of drug-likeness (QED) is 0.644. The molecule has 0 aromatic heterocycles. The maximum absolute atomic E-state index is 11.6. The molecule has 0 aliphatic heterocycles. The van der Waals surface area contributed by atoms with Gasteiger partial charge in [0.15, 0.2) is 5.78 Å². The zero-order valence-corrected chi connectivity index (χ0v) is 9.71. The van der Waals surface area contributed by atoms with E-state index in [-0.39, 0.29) is 30.7 Å². The van der Waals surface area contributed by atoms with Crippen LogP contribution in [0, 0.1) is 11.8 Å². The Balaban J connectivity index is 0.00000196. The number of hydrogen-bond donors (Lipinski definition) is 3. The van der Waals surface area contributed by atoms with Crippen LogP contribution in [0.25, 0.3) is 0 Å². The zero-order valence-electron chi connectivity index (χ0n) is 8.89. The highest BCUT2D eigenvalue weighted by Gasteiger charge is 2.28. The number of halogens is 1. The molecule has 0 spiro atoms. The topological polar surface area (TPSA) is 89.3 Å². The molecule has 90 valence electrons. The number of rotatable bonds is 4. The van der Waals surface area contributed by atoms with Crippen molar-refractivity contribution in [2.75, 3.05) is 13.2 Å². The van der Waals surface area contributed by atoms with Gasteiger partial charge in [-0.1, -0.05) is 0 Å². The van der Waals surface area contributed by atoms with Crippen molar-refractivity contribution in [3.63, 3.8) is 0 Å². The van der Waals surface area contributed by atoms with E-state index in [2.05, 4.69) is 0 Å². The fraction of sp³-hybridized carbons (Fsp3) is 0.900. The summed E-state index contributed by atoms with van der Waals surface area (Å²) in [6.07, 6.45) is 3.80. The Hall–Kier alpha value is -0.160. The van der Waals surface area contributed by atoms with Crippen LogP contribution in [0.15, 0.2) is 0 Å². The van der Waals surface area contributed by atoms with Crippen LogP contribution in [0.5, 0.6) is 0 Å². The van der Waals surface area contributed by atoms with E-state index in [4.69, 9.17) is 16.6 Å². The minimum absolute atomic E-state index is 0. The van der Waals surface area contributed by atoms with Crippen LogP contribution < -0.4 is 11.5 Å². The van der Waals surface area contributed by atoms with Crippen molar-refractivity contribution in [3.05, 3.63) is 0 Å². The van der Waals surface area contributed by atoms with Crippen LogP contribution >= 0.6 is 12.4 Å². The molecule has 5 heteroatoms. The summed E-state index contributed by atoms with van der Waals surface area (Å²) in [5.74, 6) is 0.646. The third-order valence-corrected chi connectivity index (χ3v) is 3.14. The molecule has 0 bridgehead atoms. The first kappa shape index (κ1) is 14.8. The average Bonchev–Trinajstić information content (AvgIpc) is 2.27. The largest absolute Gasteiger partial charge is 0.394 e. The number of aliphatic hydroxyl groups excluding tert-OH is 1. The molecule has 0 aromatic carbocycles. The van der Waals surface area contributed by atoms with E-state index in [1.165, 1.54) is 0 Å². The van der Waals surface area contributed by atoms with E-state index in [9.17, 15) is 4.79 Å². The molecule has 0 amide bonds. The Morgan fingerprint density at radius 1 is 1.33 bits per heavy atom. The predicted molar refractivity (Wildman–Crippen MR) is 61.8 cm³/mol. The van der Waals surface area contributed by atoms with Gasteiger partial charge in [0, 0.05) is 5.92 Å². The highest BCUT2D eigenvalue weighted by molar-refractivity contribution is 5.86. The van der Waals surface area contributed by atoms with Gasteiger partial charge < -0.3 is 16.6 Å². The van der Waals surface area contributed by atoms with Crippen LogP contribution in [-0.4, -0.2) is 30.1 Å². The van der Waals surface area contributed by atoms with Gasteiger partial charge >= 0.3 is 0 Å². The maximum atomic E-state index is 11.6. The smallest absolute Gasteiger partial charge is 0.154 e. The van der Waals surface area contributed by atoms with Gasteiger partial charge in [0.25, 0.3) is 0 Å². The Labute approximate surface area is 96.8 Å². The summed E-state index contributed by atoms with van der Waals surface area (Å²) in [4.78, 5) is 11.6. The summed E-state index contributed by atoms with van der Waals surface area (Å²) in [6.45, 7) is 0.475. The first-order valence-electron chi connectivity index (χ1n) is 5.29. The van der Waals surface area contributed by atoms with E-state index in [1.807, 2.05) is 0 Å². The van der Waals surface area contributed by atoms with Gasteiger partial charge in [0.2, 0.25) is 0 Å². The minimum Gasteiger partial charge on any atom is -0.394 e. The number of Topliss-reactive ketones (excluding diaryl/α,β-unsaturated/α-hetero) is 1. The van der Waals surface area contributed by atoms with Gasteiger partial charge in [-0.05, 0) is 38.1 Å². The van der Waals surface area contributed by atoms with E-state index in [0.717, 1.165) is 25.7 Å². The summed E-state index contributed by atoms with van der Waals surface area (Å²) >= 11 is 0. The normalized spacial score (nSPS) is 27.9. The fourth-order valence-electron chi connectivity index (χ4n) is 2.08. The molecule has 15 heavy (non-hydrogen) atoms. The van der Waals surface area contributed by atoms with Gasteiger partial charge in [0.05, 0.1) is 12.6 Å². The average molecular weight is 237 g/mol. The van der Waals surface area contributed by atoms with E-state index in [0.29, 0.717) is 12.5 Å². The van der Waals surface area contributed by atoms with Gasteiger partial charge in [-0.3, -0.25) is 4.79 Å². The molecule has 0 aromatic rings. The van der Waals surface area contributed by atoms with Crippen molar-refractivity contribution in [3.8, 4) is 0 Å². The second-order valence-electron chi connectivity index (χ2n) is 4.14. The predicted octanol–water partition coefficient (Wildman–Crippen LogP) is 0.0620. The highest BCUT2D eigenvalue weighted by Crippen LogP contribution is 2.29. The van der Waals surface area contributed by atoms with E-state index >= 15 is 0 Å². The van der Waals surface area contributed by atoms with Crippen molar-refractivity contribution in [1.29, 1.82) is 0 Å². The molecule has 0 radical (unpaired) electrons. The molecule has 1 fully saturated rings. The molecular weight excluding hydrogens is 216 g/mol. The SMILES string of the molecule is Cl.NCC1CCC(C(=O)[C@@H](N)CO)CC1. The molecular formula is C10H21ClN2O2. The van der Waals surface area contributed by atoms with E-state index < -0.39 is 6.04 Å². The lowest BCUT2D eigenvalue weighted by atomic mass is 9.79. The number of hydrogen-bond acceptors (Lipinski definition) is 4. The van der Waals surface area contributed by atoms with Crippen molar-refractivity contribution < 1.29 is 9.90 Å². The number of aliphatic hydroxyl groups is 1. The van der Waals surface area contributed by atoms with Crippen LogP contribution in [0.4, 0.5) is 0 Å². The lowest BCUT2D eigenvalue weighted by Crippen LogP contribution is -2.40. The monoisotopic (exact) mass is 236 g/mol. The fourth-order valence-corrected chi connectivity index (χ4v) is 2.08. The van der Waals surface area contributed by atoms with Crippen LogP contribution in [0.1, 0.15) is 25.7 Å². The number of carbonyl (C=O) groups is 1. The van der Waals surface area contributed by atoms with Crippen LogP contribution in [-0.2, 0) is 4.79 Å². The summed E-state index contributed by atoms with van der Waals surface area (Å²) in [5.41, 5.74) is 11.1. The van der Waals surface area contributed by atoms with Gasteiger partial charge in [-0.25, -0.2) is 0 Å². The lowest BCUT2D eigenvalue weighted by Gasteiger charge is -2.27. The number of nitrogens with two attached hydrogens (primary N) is 2. The summed E-state index contributed by atoms with van der Waals surface area (Å²) < 4.78 is 0. The highest BCUT2D eigenvalue weighted by atomic mass is 35.5. The van der Waals surface area contributed by atoms with Gasteiger partial charge in [-0.15, -0.1) is 12.4 Å². The molecule has 0 saturated heterocycles. The Morgan fingerprint density at radius 3 is 2.27 bits per heavy atom. The van der Waals surface area contributed by atoms with Crippen molar-refractivity contribution >= 4 is 18.2 Å². The summed E-state index contributed by atoms with van der Waals surface area (Å²) in [6, 6.07) is -0.686.